The molecule has 10 nitrogen and oxygen atoms in total. The number of benzene rings is 2. The van der Waals surface area contributed by atoms with E-state index in [-0.39, 0.29) is 37.1 Å². The molecule has 0 aliphatic heterocycles. The van der Waals surface area contributed by atoms with E-state index < -0.39 is 24.0 Å². The van der Waals surface area contributed by atoms with Crippen LogP contribution in [0.15, 0.2) is 72.8 Å². The average Bonchev–Trinajstić information content (AvgIpc) is 2.94. The summed E-state index contributed by atoms with van der Waals surface area (Å²) in [5.41, 5.74) is 1.92. The van der Waals surface area contributed by atoms with Crippen molar-refractivity contribution in [3.8, 4) is 0 Å². The molecule has 2 atom stereocenters. The van der Waals surface area contributed by atoms with Gasteiger partial charge in [-0.2, -0.15) is 0 Å². The van der Waals surface area contributed by atoms with Crippen molar-refractivity contribution < 1.29 is 28.7 Å². The lowest BCUT2D eigenvalue weighted by Crippen LogP contribution is -2.46. The summed E-state index contributed by atoms with van der Waals surface area (Å²) in [5.74, 6) is -1.50. The fourth-order valence-electron chi connectivity index (χ4n) is 3.37. The highest BCUT2D eigenvalue weighted by molar-refractivity contribution is 5.91. The summed E-state index contributed by atoms with van der Waals surface area (Å²) in [4.78, 5) is 48.8. The summed E-state index contributed by atoms with van der Waals surface area (Å²) in [6, 6.07) is 17.4. The third-order valence-corrected chi connectivity index (χ3v) is 6.00. The van der Waals surface area contributed by atoms with Gasteiger partial charge in [-0.15, -0.1) is 0 Å². The van der Waals surface area contributed by atoms with E-state index in [4.69, 9.17) is 9.47 Å². The number of hydrogen-bond acceptors (Lipinski definition) is 6. The summed E-state index contributed by atoms with van der Waals surface area (Å²) in [6.45, 7) is 8.18. The van der Waals surface area contributed by atoms with Crippen molar-refractivity contribution in [3.63, 3.8) is 0 Å². The predicted octanol–water partition coefficient (Wildman–Crippen LogP) is 3.68. The number of esters is 2. The Balaban J connectivity index is 1.72. The number of amides is 4. The van der Waals surface area contributed by atoms with Crippen LogP contribution in [-0.4, -0.2) is 49.3 Å². The van der Waals surface area contributed by atoms with Crippen molar-refractivity contribution in [3.05, 3.63) is 83.9 Å². The van der Waals surface area contributed by atoms with Crippen LogP contribution in [0, 0.1) is 11.8 Å². The maximum Gasteiger partial charge on any atom is 0.331 e. The van der Waals surface area contributed by atoms with Gasteiger partial charge in [-0.1, -0.05) is 88.4 Å². The number of urea groups is 2. The van der Waals surface area contributed by atoms with Crippen LogP contribution >= 0.6 is 0 Å². The minimum absolute atomic E-state index is 0.00502. The molecule has 2 aromatic carbocycles. The maximum absolute atomic E-state index is 12.3. The monoisotopic (exact) mass is 552 g/mol. The van der Waals surface area contributed by atoms with Crippen molar-refractivity contribution >= 4 is 24.0 Å². The summed E-state index contributed by atoms with van der Waals surface area (Å²) in [5, 5.41) is 11.1. The quantitative estimate of drug-likeness (QED) is 0.209. The first kappa shape index (κ1) is 31.9. The second kappa shape index (κ2) is 17.3. The first-order valence-electron chi connectivity index (χ1n) is 13.3. The zero-order valence-corrected chi connectivity index (χ0v) is 23.5. The Bertz CT molecular complexity index is 1020. The summed E-state index contributed by atoms with van der Waals surface area (Å²) in [6.07, 6.45) is 1.94. The molecule has 0 aliphatic rings. The molecule has 0 unspecified atom stereocenters. The van der Waals surface area contributed by atoms with Crippen LogP contribution < -0.4 is 21.3 Å². The highest BCUT2D eigenvalue weighted by atomic mass is 16.5. The maximum atomic E-state index is 12.3. The highest BCUT2D eigenvalue weighted by Gasteiger charge is 2.19. The Kier molecular flexibility index (Phi) is 13.8. The van der Waals surface area contributed by atoms with Crippen LogP contribution in [0.4, 0.5) is 9.59 Å². The molecule has 0 fully saturated rings. The smallest absolute Gasteiger partial charge is 0.331 e. The van der Waals surface area contributed by atoms with E-state index in [1.54, 1.807) is 0 Å². The van der Waals surface area contributed by atoms with E-state index in [0.29, 0.717) is 13.1 Å². The topological polar surface area (TPSA) is 135 Å². The van der Waals surface area contributed by atoms with Gasteiger partial charge in [0, 0.05) is 25.2 Å². The molecule has 0 heterocycles. The number of ether oxygens (including phenoxy) is 2. The van der Waals surface area contributed by atoms with Crippen LogP contribution in [-0.2, 0) is 32.2 Å². The van der Waals surface area contributed by atoms with Gasteiger partial charge in [0.2, 0.25) is 0 Å². The molecular weight excluding hydrogens is 512 g/mol. The normalized spacial score (nSPS) is 12.4. The molecule has 0 bridgehead atoms. The van der Waals surface area contributed by atoms with Gasteiger partial charge in [-0.05, 0) is 23.0 Å². The molecule has 0 aromatic heterocycles. The third-order valence-electron chi connectivity index (χ3n) is 6.00. The lowest BCUT2D eigenvalue weighted by molar-refractivity contribution is -0.141. The van der Waals surface area contributed by atoms with E-state index in [9.17, 15) is 19.2 Å². The van der Waals surface area contributed by atoms with Gasteiger partial charge < -0.3 is 30.7 Å². The van der Waals surface area contributed by atoms with Crippen LogP contribution in [0.1, 0.15) is 38.8 Å². The number of hydrogen-bond donors (Lipinski definition) is 4. The fraction of sp³-hybridized carbons (Fsp3) is 0.400. The molecule has 216 valence electrons. The van der Waals surface area contributed by atoms with Crippen LogP contribution in [0.2, 0.25) is 0 Å². The molecule has 0 radical (unpaired) electrons. The van der Waals surface area contributed by atoms with Crippen LogP contribution in [0.5, 0.6) is 0 Å². The Morgan fingerprint density at radius 2 is 0.975 bits per heavy atom. The lowest BCUT2D eigenvalue weighted by Gasteiger charge is -2.22. The van der Waals surface area contributed by atoms with Crippen molar-refractivity contribution in [2.75, 3.05) is 13.2 Å². The highest BCUT2D eigenvalue weighted by Crippen LogP contribution is 2.05. The van der Waals surface area contributed by atoms with Gasteiger partial charge in [0.15, 0.2) is 0 Å². The first-order chi connectivity index (χ1) is 19.1. The molecule has 10 heteroatoms. The predicted molar refractivity (Wildman–Crippen MR) is 152 cm³/mol. The number of rotatable bonds is 14. The second-order valence-electron chi connectivity index (χ2n) is 9.92. The SMILES string of the molecule is CC(C)[C@@H](COC(=O)/C=C/C(=O)OC[C@@H](NC(=O)NCc1ccccc1)C(C)C)NC(=O)NCc1ccccc1. The summed E-state index contributed by atoms with van der Waals surface area (Å²) < 4.78 is 10.4. The molecule has 0 aliphatic carbocycles. The molecule has 40 heavy (non-hydrogen) atoms. The molecule has 0 saturated carbocycles. The van der Waals surface area contributed by atoms with Gasteiger partial charge >= 0.3 is 24.0 Å². The number of carbonyl (C=O) groups is 4. The Morgan fingerprint density at radius 3 is 1.30 bits per heavy atom. The molecule has 0 saturated heterocycles. The van der Waals surface area contributed by atoms with Gasteiger partial charge in [0.1, 0.15) is 13.2 Å². The molecular formula is C30H40N4O6. The molecule has 4 amide bonds. The fourth-order valence-corrected chi connectivity index (χ4v) is 3.37. The van der Waals surface area contributed by atoms with Gasteiger partial charge in [0.25, 0.3) is 0 Å². The zero-order valence-electron chi connectivity index (χ0n) is 23.5. The third kappa shape index (κ3) is 12.9. The Labute approximate surface area is 235 Å². The van der Waals surface area contributed by atoms with Crippen molar-refractivity contribution in [1.82, 2.24) is 21.3 Å². The minimum Gasteiger partial charge on any atom is -0.460 e. The summed E-state index contributed by atoms with van der Waals surface area (Å²) >= 11 is 0. The molecule has 2 aromatic rings. The Hall–Kier alpha value is -4.34. The lowest BCUT2D eigenvalue weighted by atomic mass is 10.1. The van der Waals surface area contributed by atoms with Crippen molar-refractivity contribution in [2.24, 2.45) is 11.8 Å². The second-order valence-corrected chi connectivity index (χ2v) is 9.92. The van der Waals surface area contributed by atoms with E-state index in [2.05, 4.69) is 21.3 Å². The number of nitrogens with one attached hydrogen (secondary N) is 4. The average molecular weight is 553 g/mol. The molecule has 4 N–H and O–H groups in total. The Morgan fingerprint density at radius 1 is 0.625 bits per heavy atom. The van der Waals surface area contributed by atoms with Crippen LogP contribution in [0.3, 0.4) is 0 Å². The van der Waals surface area contributed by atoms with Crippen LogP contribution in [0.25, 0.3) is 0 Å². The summed E-state index contributed by atoms with van der Waals surface area (Å²) in [7, 11) is 0. The molecule has 2 rings (SSSR count). The van der Waals surface area contributed by atoms with E-state index in [1.807, 2.05) is 88.4 Å². The first-order valence-corrected chi connectivity index (χ1v) is 13.3. The zero-order chi connectivity index (χ0) is 29.3. The van der Waals surface area contributed by atoms with E-state index in [1.165, 1.54) is 0 Å². The van der Waals surface area contributed by atoms with Gasteiger partial charge in [-0.3, -0.25) is 0 Å². The standard InChI is InChI=1S/C30H40N4O6/c1-21(2)25(33-29(37)31-17-23-11-7-5-8-12-23)19-39-27(35)15-16-28(36)40-20-26(22(3)4)34-30(38)32-18-24-13-9-6-10-14-24/h5-16,21-22,25-26H,17-20H2,1-4H3,(H2,31,33,37)(H2,32,34,38)/b16-15+/t25-,26-/m1/s1. The number of carbonyl (C=O) groups excluding carboxylic acids is 4. The van der Waals surface area contributed by atoms with Gasteiger partial charge in [-0.25, -0.2) is 19.2 Å². The van der Waals surface area contributed by atoms with E-state index in [0.717, 1.165) is 23.3 Å². The molecule has 0 spiro atoms. The van der Waals surface area contributed by atoms with Crippen molar-refractivity contribution in [2.45, 2.75) is 52.9 Å². The minimum atomic E-state index is -0.743. The van der Waals surface area contributed by atoms with Gasteiger partial charge in [0.05, 0.1) is 12.1 Å². The largest absolute Gasteiger partial charge is 0.460 e. The van der Waals surface area contributed by atoms with Crippen molar-refractivity contribution in [1.29, 1.82) is 0 Å². The van der Waals surface area contributed by atoms with E-state index >= 15 is 0 Å².